The molecule has 0 atom stereocenters. The van der Waals surface area contributed by atoms with Crippen LogP contribution < -0.4 is 4.90 Å². The van der Waals surface area contributed by atoms with Gasteiger partial charge in [-0.25, -0.2) is 0 Å². The predicted molar refractivity (Wildman–Crippen MR) is 467 cm³/mol. The maximum absolute atomic E-state index is 2.60. The molecule has 0 unspecified atom stereocenters. The molecule has 0 saturated heterocycles. The lowest BCUT2D eigenvalue weighted by molar-refractivity contribution is 1.33. The lowest BCUT2D eigenvalue weighted by Crippen LogP contribution is -2.12. The average molecular weight is 1400 g/mol. The van der Waals surface area contributed by atoms with Crippen LogP contribution in [0.15, 0.2) is 346 Å². The van der Waals surface area contributed by atoms with E-state index in [1.807, 2.05) is 34.0 Å². The Morgan fingerprint density at radius 1 is 0.179 bits per heavy atom. The van der Waals surface area contributed by atoms with E-state index < -0.39 is 0 Å². The Morgan fingerprint density at radius 2 is 0.387 bits per heavy atom. The number of anilines is 3. The molecule has 0 bridgehead atoms. The van der Waals surface area contributed by atoms with E-state index in [1.165, 1.54) is 176 Å². The summed E-state index contributed by atoms with van der Waals surface area (Å²) in [7, 11) is 0. The smallest absolute Gasteiger partial charge is 0.0540 e. The Balaban J connectivity index is 0.789. The Bertz CT molecular complexity index is 6330. The maximum Gasteiger partial charge on any atom is 0.0540 e. The van der Waals surface area contributed by atoms with Crippen LogP contribution in [0.1, 0.15) is 31.3 Å². The van der Waals surface area contributed by atoms with Gasteiger partial charge in [0, 0.05) is 44.9 Å². The van der Waals surface area contributed by atoms with Crippen molar-refractivity contribution in [2.45, 2.75) is 0 Å². The highest BCUT2D eigenvalue weighted by Gasteiger charge is 2.27. The van der Waals surface area contributed by atoms with E-state index in [2.05, 4.69) is 387 Å². The SMILES string of the molecule is C(=Cc1c2ccccc2c(-c2ccc(N(c3ccc(-c4c5ccccc5c(C=Cc5cc6ccccc6s5)c5ccccc45)c4ccccc34)c3ccc(-c4c5ccccc5c(C=Cc5cc6ccccc6s5)c5ccccc45)c4ccccc34)c3ccccc23)c2ccccc12)c1cc2ccccc2s1. The Morgan fingerprint density at radius 3 is 0.632 bits per heavy atom. The van der Waals surface area contributed by atoms with Crippen LogP contribution in [0.25, 0.3) is 197 Å². The molecule has 0 radical (unpaired) electrons. The summed E-state index contributed by atoms with van der Waals surface area (Å²) < 4.78 is 3.89. The molecule has 494 valence electrons. The van der Waals surface area contributed by atoms with Crippen LogP contribution in [0.5, 0.6) is 0 Å². The highest BCUT2D eigenvalue weighted by Crippen LogP contribution is 2.53. The number of thiophene rings is 3. The first-order chi connectivity index (χ1) is 52.6. The first kappa shape index (κ1) is 61.8. The molecule has 0 saturated carbocycles. The molecule has 4 heteroatoms. The summed E-state index contributed by atoms with van der Waals surface area (Å²) in [6.45, 7) is 0. The predicted octanol–water partition coefficient (Wildman–Crippen LogP) is 30.7. The van der Waals surface area contributed by atoms with Crippen molar-refractivity contribution in [2.24, 2.45) is 0 Å². The van der Waals surface area contributed by atoms with Gasteiger partial charge in [-0.1, -0.05) is 309 Å². The molecule has 0 aliphatic carbocycles. The third-order valence-corrected chi connectivity index (χ3v) is 25.0. The molecule has 0 aliphatic rings. The van der Waals surface area contributed by atoms with Gasteiger partial charge in [-0.05, 0) is 220 Å². The molecule has 3 aromatic heterocycles. The van der Waals surface area contributed by atoms with Crippen molar-refractivity contribution in [2.75, 3.05) is 4.90 Å². The van der Waals surface area contributed by atoms with Crippen LogP contribution in [-0.4, -0.2) is 0 Å². The largest absolute Gasteiger partial charge is 0.309 e. The monoisotopic (exact) mass is 1400 g/mol. The normalized spacial score (nSPS) is 12.2. The minimum Gasteiger partial charge on any atom is -0.309 e. The number of nitrogens with zero attached hydrogens (tertiary/aromatic N) is 1. The minimum atomic E-state index is 1.09. The number of benzene rings is 18. The van der Waals surface area contributed by atoms with Crippen molar-refractivity contribution in [3.63, 3.8) is 0 Å². The number of hydrogen-bond acceptors (Lipinski definition) is 4. The summed E-state index contributed by atoms with van der Waals surface area (Å²) in [6.07, 6.45) is 14.0. The van der Waals surface area contributed by atoms with Gasteiger partial charge in [-0.2, -0.15) is 0 Å². The molecule has 106 heavy (non-hydrogen) atoms. The third-order valence-electron chi connectivity index (χ3n) is 21.7. The second-order valence-electron chi connectivity index (χ2n) is 27.6. The van der Waals surface area contributed by atoms with Crippen LogP contribution in [0, 0.1) is 0 Å². The van der Waals surface area contributed by atoms with Gasteiger partial charge < -0.3 is 4.90 Å². The zero-order valence-corrected chi connectivity index (χ0v) is 60.0. The molecule has 18 aromatic carbocycles. The van der Waals surface area contributed by atoms with Gasteiger partial charge in [0.15, 0.2) is 0 Å². The lowest BCUT2D eigenvalue weighted by atomic mass is 9.85. The van der Waals surface area contributed by atoms with Gasteiger partial charge in [0.1, 0.15) is 0 Å². The standard InChI is InChI=1S/C102H63NS3/c1-22-46-97-64(25-1)61-67(104-97)49-52-79-70-28-7-16-40-85(70)100(86-41-17-8-29-71(79)86)91-55-58-94(82-37-13-4-34-76(82)91)103(95-59-56-92(77-35-5-14-38-83(77)95)101-87-42-18-9-30-72(87)80(73-31-10-19-43-88(73)101)53-50-68-62-65-26-2-23-47-98(65)105-68)96-60-57-93(78-36-6-15-39-84(78)96)102-89-44-20-11-32-74(89)81(75-33-12-21-45-90(75)102)54-51-69-63-66-27-3-24-48-99(66)106-69/h1-63H. The third kappa shape index (κ3) is 10.2. The highest BCUT2D eigenvalue weighted by atomic mass is 32.1. The van der Waals surface area contributed by atoms with Crippen molar-refractivity contribution in [1.29, 1.82) is 0 Å². The molecular weight excluding hydrogens is 1340 g/mol. The van der Waals surface area contributed by atoms with Gasteiger partial charge in [0.25, 0.3) is 0 Å². The van der Waals surface area contributed by atoms with Crippen molar-refractivity contribution in [1.82, 2.24) is 0 Å². The first-order valence-corrected chi connectivity index (χ1v) is 38.7. The molecule has 0 amide bonds. The lowest BCUT2D eigenvalue weighted by Gasteiger charge is -2.31. The molecule has 1 nitrogen and oxygen atoms in total. The van der Waals surface area contributed by atoms with Crippen LogP contribution in [0.3, 0.4) is 0 Å². The van der Waals surface area contributed by atoms with Gasteiger partial charge in [0.05, 0.1) is 17.1 Å². The van der Waals surface area contributed by atoms with Crippen LogP contribution in [0.2, 0.25) is 0 Å². The Kier molecular flexibility index (Phi) is 14.9. The maximum atomic E-state index is 2.60. The average Bonchev–Trinajstić information content (AvgIpc) is 0.816. The molecule has 0 spiro atoms. The molecule has 0 N–H and O–H groups in total. The fourth-order valence-electron chi connectivity index (χ4n) is 17.1. The van der Waals surface area contributed by atoms with Gasteiger partial charge in [0.2, 0.25) is 0 Å². The Labute approximate surface area is 625 Å². The summed E-state index contributed by atoms with van der Waals surface area (Å²) in [4.78, 5) is 6.31. The fourth-order valence-corrected chi connectivity index (χ4v) is 20.0. The molecule has 0 aliphatic heterocycles. The molecule has 21 aromatic rings. The summed E-state index contributed by atoms with van der Waals surface area (Å²) in [6, 6.07) is 129. The first-order valence-electron chi connectivity index (χ1n) is 36.3. The zero-order valence-electron chi connectivity index (χ0n) is 57.5. The quantitative estimate of drug-likeness (QED) is 0.110. The van der Waals surface area contributed by atoms with E-state index >= 15 is 0 Å². The summed E-state index contributed by atoms with van der Waals surface area (Å²) in [5, 5.41) is 25.4. The highest BCUT2D eigenvalue weighted by molar-refractivity contribution is 7.20. The van der Waals surface area contributed by atoms with Crippen LogP contribution in [0.4, 0.5) is 17.1 Å². The second kappa shape index (κ2) is 25.6. The van der Waals surface area contributed by atoms with E-state index in [0.29, 0.717) is 0 Å². The van der Waals surface area contributed by atoms with Gasteiger partial charge in [-0.3, -0.25) is 0 Å². The fraction of sp³-hybridized carbons (Fsp3) is 0. The topological polar surface area (TPSA) is 3.24 Å². The van der Waals surface area contributed by atoms with Crippen molar-refractivity contribution in [3.05, 3.63) is 377 Å². The van der Waals surface area contributed by atoms with Crippen molar-refractivity contribution < 1.29 is 0 Å². The van der Waals surface area contributed by atoms with Crippen LogP contribution in [-0.2, 0) is 0 Å². The van der Waals surface area contributed by atoms with E-state index in [0.717, 1.165) is 33.2 Å². The summed E-state index contributed by atoms with van der Waals surface area (Å²) in [5.41, 5.74) is 14.2. The van der Waals surface area contributed by atoms with Gasteiger partial charge >= 0.3 is 0 Å². The van der Waals surface area contributed by atoms with Crippen molar-refractivity contribution in [3.8, 4) is 33.4 Å². The Hall–Kier alpha value is -12.8. The van der Waals surface area contributed by atoms with Gasteiger partial charge in [-0.15, -0.1) is 34.0 Å². The number of hydrogen-bond donors (Lipinski definition) is 0. The molecule has 0 fully saturated rings. The zero-order chi connectivity index (χ0) is 69.8. The molecule has 3 heterocycles. The van der Waals surface area contributed by atoms with E-state index in [9.17, 15) is 0 Å². The summed E-state index contributed by atoms with van der Waals surface area (Å²) >= 11 is 5.52. The molecular formula is C102H63NS3. The minimum absolute atomic E-state index is 1.09. The van der Waals surface area contributed by atoms with E-state index in [1.54, 1.807) is 0 Å². The van der Waals surface area contributed by atoms with Crippen LogP contribution >= 0.6 is 34.0 Å². The summed E-state index contributed by atoms with van der Waals surface area (Å²) in [5.74, 6) is 0. The number of fused-ring (bicyclic) bond motifs is 12. The van der Waals surface area contributed by atoms with E-state index in [4.69, 9.17) is 0 Å². The second-order valence-corrected chi connectivity index (χ2v) is 30.9. The van der Waals surface area contributed by atoms with Crippen molar-refractivity contribution >= 4 is 215 Å². The van der Waals surface area contributed by atoms with E-state index in [-0.39, 0.29) is 0 Å². The molecule has 21 rings (SSSR count). The number of rotatable bonds is 12.